The highest BCUT2D eigenvalue weighted by atomic mass is 32.2. The summed E-state index contributed by atoms with van der Waals surface area (Å²) in [4.78, 5) is 0.432. The van der Waals surface area contributed by atoms with Crippen molar-refractivity contribution >= 4 is 9.84 Å². The Balaban J connectivity index is 2.31. The lowest BCUT2D eigenvalue weighted by atomic mass is 10.0. The minimum atomic E-state index is -3.13. The van der Waals surface area contributed by atoms with E-state index in [0.717, 1.165) is 12.0 Å². The highest BCUT2D eigenvalue weighted by Gasteiger charge is 2.30. The van der Waals surface area contributed by atoms with Crippen molar-refractivity contribution in [1.29, 1.82) is 0 Å². The lowest BCUT2D eigenvalue weighted by Gasteiger charge is -2.29. The number of hydrogen-bond donors (Lipinski definition) is 2. The van der Waals surface area contributed by atoms with Gasteiger partial charge in [0.25, 0.3) is 0 Å². The Kier molecular flexibility index (Phi) is 4.04. The van der Waals surface area contributed by atoms with E-state index in [1.165, 1.54) is 0 Å². The highest BCUT2D eigenvalue weighted by molar-refractivity contribution is 7.91. The van der Waals surface area contributed by atoms with Crippen LogP contribution in [0.1, 0.15) is 31.4 Å². The Bertz CT molecular complexity index is 509. The van der Waals surface area contributed by atoms with Gasteiger partial charge in [0, 0.05) is 12.1 Å². The Morgan fingerprint density at radius 3 is 2.83 bits per heavy atom. The lowest BCUT2D eigenvalue weighted by molar-refractivity contribution is 0.225. The number of sulfone groups is 1. The maximum Gasteiger partial charge on any atom is 0.178 e. The second-order valence-corrected chi connectivity index (χ2v) is 6.73. The number of hydrogen-bond acceptors (Lipinski definition) is 4. The van der Waals surface area contributed by atoms with Crippen molar-refractivity contribution in [3.63, 3.8) is 0 Å². The molecule has 100 valence electrons. The molecule has 2 atom stereocenters. The topological polar surface area (TPSA) is 66.4 Å². The van der Waals surface area contributed by atoms with Crippen LogP contribution in [0.15, 0.2) is 29.2 Å². The van der Waals surface area contributed by atoms with E-state index in [2.05, 4.69) is 5.32 Å². The monoisotopic (exact) mass is 269 g/mol. The van der Waals surface area contributed by atoms with Gasteiger partial charge in [0.1, 0.15) is 0 Å². The van der Waals surface area contributed by atoms with Gasteiger partial charge in [-0.1, -0.05) is 25.1 Å². The first-order chi connectivity index (χ1) is 8.58. The molecular formula is C13H19NO3S. The fraction of sp³-hybridized carbons (Fsp3) is 0.538. The molecule has 1 aliphatic rings. The zero-order valence-electron chi connectivity index (χ0n) is 10.5. The number of benzene rings is 1. The average molecular weight is 269 g/mol. The van der Waals surface area contributed by atoms with Crippen LogP contribution in [0.4, 0.5) is 0 Å². The van der Waals surface area contributed by atoms with Gasteiger partial charge in [-0.25, -0.2) is 8.42 Å². The summed E-state index contributed by atoms with van der Waals surface area (Å²) in [6.45, 7) is 2.07. The van der Waals surface area contributed by atoms with Gasteiger partial charge < -0.3 is 10.4 Å². The van der Waals surface area contributed by atoms with Gasteiger partial charge in [0.15, 0.2) is 9.84 Å². The first kappa shape index (κ1) is 13.5. The molecule has 0 saturated heterocycles. The maximum atomic E-state index is 12.0. The van der Waals surface area contributed by atoms with Crippen LogP contribution in [-0.4, -0.2) is 31.9 Å². The summed E-state index contributed by atoms with van der Waals surface area (Å²) >= 11 is 0. The van der Waals surface area contributed by atoms with Gasteiger partial charge in [0.05, 0.1) is 17.3 Å². The molecule has 1 aliphatic heterocycles. The van der Waals surface area contributed by atoms with E-state index in [1.54, 1.807) is 12.1 Å². The van der Waals surface area contributed by atoms with Crippen molar-refractivity contribution < 1.29 is 13.5 Å². The largest absolute Gasteiger partial charge is 0.395 e. The van der Waals surface area contributed by atoms with E-state index in [-0.39, 0.29) is 24.4 Å². The molecule has 2 N–H and O–H groups in total. The van der Waals surface area contributed by atoms with E-state index in [4.69, 9.17) is 0 Å². The van der Waals surface area contributed by atoms with Gasteiger partial charge in [-0.2, -0.15) is 0 Å². The third-order valence-corrected chi connectivity index (χ3v) is 5.27. The minimum absolute atomic E-state index is 0.0156. The number of aliphatic hydroxyl groups excluding tert-OH is 1. The predicted molar refractivity (Wildman–Crippen MR) is 70.2 cm³/mol. The van der Waals surface area contributed by atoms with E-state index >= 15 is 0 Å². The highest BCUT2D eigenvalue weighted by Crippen LogP contribution is 2.32. The van der Waals surface area contributed by atoms with Crippen LogP contribution in [0.3, 0.4) is 0 Å². The van der Waals surface area contributed by atoms with Crippen LogP contribution in [0.25, 0.3) is 0 Å². The molecular weight excluding hydrogens is 250 g/mol. The quantitative estimate of drug-likeness (QED) is 0.864. The molecule has 0 bridgehead atoms. The molecule has 0 aliphatic carbocycles. The van der Waals surface area contributed by atoms with E-state index in [0.29, 0.717) is 11.3 Å². The van der Waals surface area contributed by atoms with Crippen LogP contribution in [0.5, 0.6) is 0 Å². The first-order valence-electron chi connectivity index (χ1n) is 6.27. The van der Waals surface area contributed by atoms with Gasteiger partial charge in [0.2, 0.25) is 0 Å². The molecule has 1 unspecified atom stereocenters. The molecule has 0 spiro atoms. The third-order valence-electron chi connectivity index (χ3n) is 3.45. The van der Waals surface area contributed by atoms with Crippen LogP contribution in [0, 0.1) is 0 Å². The standard InChI is InChI=1S/C13H19NO3S/c1-2-10(9-15)14-12-7-8-18(16,17)13-6-4-3-5-11(12)13/h3-6,10,12,14-15H,2,7-9H2,1H3/t10-,12?/m0/s1. The molecule has 18 heavy (non-hydrogen) atoms. The molecule has 2 rings (SSSR count). The first-order valence-corrected chi connectivity index (χ1v) is 7.92. The molecule has 1 aromatic rings. The van der Waals surface area contributed by atoms with Crippen molar-refractivity contribution in [3.05, 3.63) is 29.8 Å². The molecule has 0 aromatic heterocycles. The molecule has 0 radical (unpaired) electrons. The molecule has 5 heteroatoms. The fourth-order valence-corrected chi connectivity index (χ4v) is 3.97. The normalized spacial score (nSPS) is 23.3. The molecule has 0 amide bonds. The Hall–Kier alpha value is -0.910. The number of aliphatic hydroxyl groups is 1. The van der Waals surface area contributed by atoms with Crippen LogP contribution in [0.2, 0.25) is 0 Å². The zero-order chi connectivity index (χ0) is 13.2. The molecule has 1 aromatic carbocycles. The van der Waals surface area contributed by atoms with Crippen molar-refractivity contribution in [2.75, 3.05) is 12.4 Å². The van der Waals surface area contributed by atoms with Crippen molar-refractivity contribution in [2.24, 2.45) is 0 Å². The molecule has 0 saturated carbocycles. The summed E-state index contributed by atoms with van der Waals surface area (Å²) in [6, 6.07) is 7.16. The SMILES string of the molecule is CC[C@@H](CO)NC1CCS(=O)(=O)c2ccccc21. The van der Waals surface area contributed by atoms with Gasteiger partial charge in [-0.05, 0) is 24.5 Å². The number of rotatable bonds is 4. The average Bonchev–Trinajstić information content (AvgIpc) is 2.38. The number of fused-ring (bicyclic) bond motifs is 1. The van der Waals surface area contributed by atoms with Crippen LogP contribution >= 0.6 is 0 Å². The number of nitrogens with one attached hydrogen (secondary N) is 1. The van der Waals surface area contributed by atoms with E-state index < -0.39 is 9.84 Å². The summed E-state index contributed by atoms with van der Waals surface area (Å²) in [7, 11) is -3.13. The van der Waals surface area contributed by atoms with Gasteiger partial charge in [-0.15, -0.1) is 0 Å². The maximum absolute atomic E-state index is 12.0. The van der Waals surface area contributed by atoms with Crippen molar-refractivity contribution in [2.45, 2.75) is 36.7 Å². The summed E-state index contributed by atoms with van der Waals surface area (Å²) < 4.78 is 23.9. The second kappa shape index (κ2) is 5.38. The fourth-order valence-electron chi connectivity index (χ4n) is 2.35. The third kappa shape index (κ3) is 2.58. The second-order valence-electron chi connectivity index (χ2n) is 4.65. The summed E-state index contributed by atoms with van der Waals surface area (Å²) in [5, 5.41) is 12.6. The van der Waals surface area contributed by atoms with Crippen molar-refractivity contribution in [1.82, 2.24) is 5.32 Å². The molecule has 4 nitrogen and oxygen atoms in total. The van der Waals surface area contributed by atoms with Crippen LogP contribution < -0.4 is 5.32 Å². The van der Waals surface area contributed by atoms with Crippen molar-refractivity contribution in [3.8, 4) is 0 Å². The van der Waals surface area contributed by atoms with Gasteiger partial charge >= 0.3 is 0 Å². The summed E-state index contributed by atoms with van der Waals surface area (Å²) in [5.41, 5.74) is 0.829. The van der Waals surface area contributed by atoms with E-state index in [9.17, 15) is 13.5 Å². The Morgan fingerprint density at radius 1 is 1.44 bits per heavy atom. The lowest BCUT2D eigenvalue weighted by Crippen LogP contribution is -2.38. The smallest absolute Gasteiger partial charge is 0.178 e. The predicted octanol–water partition coefficient (Wildman–Crippen LogP) is 1.27. The Labute approximate surface area is 108 Å². The zero-order valence-corrected chi connectivity index (χ0v) is 11.3. The van der Waals surface area contributed by atoms with Gasteiger partial charge in [-0.3, -0.25) is 0 Å². The van der Waals surface area contributed by atoms with E-state index in [1.807, 2.05) is 19.1 Å². The molecule has 0 fully saturated rings. The molecule has 1 heterocycles. The van der Waals surface area contributed by atoms with Crippen LogP contribution in [-0.2, 0) is 9.84 Å². The summed E-state index contributed by atoms with van der Waals surface area (Å²) in [5.74, 6) is 0.170. The summed E-state index contributed by atoms with van der Waals surface area (Å²) in [6.07, 6.45) is 1.39. The minimum Gasteiger partial charge on any atom is -0.395 e. The Morgan fingerprint density at radius 2 is 2.17 bits per heavy atom.